The number of phenolic OH excluding ortho intramolecular Hbond substituents is 2. The molecule has 350 valence electrons. The van der Waals surface area contributed by atoms with E-state index in [0.29, 0.717) is 17.6 Å². The summed E-state index contributed by atoms with van der Waals surface area (Å²) in [5.74, 6) is -6.49. The summed E-state index contributed by atoms with van der Waals surface area (Å²) >= 11 is 0. The lowest BCUT2D eigenvalue weighted by atomic mass is 9.73. The predicted octanol–water partition coefficient (Wildman–Crippen LogP) is 7.01. The highest BCUT2D eigenvalue weighted by molar-refractivity contribution is 6.22. The zero-order valence-electron chi connectivity index (χ0n) is 39.4. The number of methoxy groups -OCH3 is 1. The number of fused-ring (bicyclic) bond motifs is 2. The van der Waals surface area contributed by atoms with Crippen LogP contribution in [0.3, 0.4) is 0 Å². The molecule has 4 bridgehead atoms. The van der Waals surface area contributed by atoms with Crippen LogP contribution in [0.25, 0.3) is 33.3 Å². The first-order valence-corrected chi connectivity index (χ1v) is 21.8. The fraction of sp³-hybridized carbons (Fsp3) is 0.490. The van der Waals surface area contributed by atoms with Crippen molar-refractivity contribution >= 4 is 45.2 Å². The number of aromatic hydroxyl groups is 2. The number of hydrogen-bond acceptors (Lipinski definition) is 14. The summed E-state index contributed by atoms with van der Waals surface area (Å²) in [4.78, 5) is 60.7. The van der Waals surface area contributed by atoms with Gasteiger partial charge in [0.1, 0.15) is 59.2 Å². The molecule has 65 heavy (non-hydrogen) atoms. The van der Waals surface area contributed by atoms with Crippen molar-refractivity contribution in [2.45, 2.75) is 86.4 Å². The second-order valence-corrected chi connectivity index (χ2v) is 18.7. The van der Waals surface area contributed by atoms with Crippen molar-refractivity contribution < 1.29 is 62.3 Å². The van der Waals surface area contributed by atoms with Gasteiger partial charge in [0.25, 0.3) is 11.7 Å². The second-order valence-electron chi connectivity index (χ2n) is 18.7. The number of Topliss-reactive ketones (excluding diaryl/α,β-unsaturated/α-hetero) is 1. The van der Waals surface area contributed by atoms with Crippen LogP contribution in [0.1, 0.15) is 71.3 Å². The quantitative estimate of drug-likeness (QED) is 0.0663. The predicted molar refractivity (Wildman–Crippen MR) is 244 cm³/mol. The van der Waals surface area contributed by atoms with Gasteiger partial charge in [-0.3, -0.25) is 19.2 Å². The van der Waals surface area contributed by atoms with E-state index in [2.05, 4.69) is 5.32 Å². The number of phenols is 2. The molecule has 6 rings (SSSR count). The molecule has 0 saturated heterocycles. The molecule has 3 aliphatic heterocycles. The molecule has 16 heteroatoms. The molecular formula is C49H62N3O13+. The molecule has 0 aromatic heterocycles. The third-order valence-corrected chi connectivity index (χ3v) is 13.0. The maximum atomic E-state index is 14.8. The van der Waals surface area contributed by atoms with Gasteiger partial charge in [-0.05, 0) is 37.7 Å². The summed E-state index contributed by atoms with van der Waals surface area (Å²) in [6.07, 6.45) is 5.55. The van der Waals surface area contributed by atoms with Crippen LogP contribution in [0.2, 0.25) is 0 Å². The maximum Gasteiger partial charge on any atom is 0.312 e. The van der Waals surface area contributed by atoms with Crippen molar-refractivity contribution in [2.24, 2.45) is 29.6 Å². The van der Waals surface area contributed by atoms with E-state index in [4.69, 9.17) is 33.1 Å². The number of esters is 1. The average Bonchev–Trinajstić information content (AvgIpc) is 3.50. The highest BCUT2D eigenvalue weighted by Crippen LogP contribution is 2.51. The molecule has 0 fully saturated rings. The van der Waals surface area contributed by atoms with Gasteiger partial charge < -0.3 is 53.2 Å². The summed E-state index contributed by atoms with van der Waals surface area (Å²) in [5.41, 5.74) is -1.44. The Kier molecular flexibility index (Phi) is 13.8. The monoisotopic (exact) mass is 900 g/mol. The number of ether oxygens (including phenoxy) is 5. The summed E-state index contributed by atoms with van der Waals surface area (Å²) in [6, 6.07) is 2.86. The van der Waals surface area contributed by atoms with Crippen LogP contribution < -0.4 is 20.2 Å². The molecule has 1 amide bonds. The lowest BCUT2D eigenvalue weighted by Crippen LogP contribution is -2.43. The first kappa shape index (κ1) is 48.5. The van der Waals surface area contributed by atoms with Gasteiger partial charge in [-0.2, -0.15) is 0 Å². The summed E-state index contributed by atoms with van der Waals surface area (Å²) in [7, 11) is 7.51. The number of rotatable bonds is 6. The Morgan fingerprint density at radius 3 is 2.31 bits per heavy atom. The number of aliphatic hydroxyl groups is 1. The normalized spacial score (nSPS) is 28.7. The van der Waals surface area contributed by atoms with Crippen molar-refractivity contribution in [3.8, 4) is 34.5 Å². The van der Waals surface area contributed by atoms with Gasteiger partial charge in [-0.1, -0.05) is 52.8 Å². The van der Waals surface area contributed by atoms with Crippen LogP contribution in [0, 0.1) is 36.5 Å². The molecule has 4 aliphatic rings. The van der Waals surface area contributed by atoms with Crippen LogP contribution in [-0.2, 0) is 23.8 Å². The number of amides is 1. The third kappa shape index (κ3) is 9.42. The number of likely N-dealkylation sites (N-methyl/N-ethyl adjacent to an activating group) is 1. The van der Waals surface area contributed by atoms with Crippen molar-refractivity contribution in [2.75, 3.05) is 46.7 Å². The maximum absolute atomic E-state index is 14.8. The van der Waals surface area contributed by atoms with Gasteiger partial charge in [-0.25, -0.2) is 4.98 Å². The Bertz CT molecular complexity index is 2640. The van der Waals surface area contributed by atoms with E-state index in [9.17, 15) is 34.5 Å². The molecule has 0 radical (unpaired) electrons. The standard InChI is InChI=1S/C49H61N3O13/c1-23-15-14-16-24(2)48(59)51-40-43(57)36-35(39-46(40)64-34-22-31(21-32(54)38(34)50-39)61-20-18-52(10,11)12)37-45(29(7)42(36)56)65-49(9,47(37)58)62-19-17-33(60-13)28(6)44(63-30(8)53)27(5)25(3)26(4)41(23)55/h14-17,19,21-23,25-28,33,41,44,55H,18,20H2,1-13H3,(H2-,50,51,54,56,57,58,59)/p+1/b15-14+,19-17+,24-16-/t23-,25+,26-,27+,28+,33-,41-,44-,49-/m0/s1. The highest BCUT2D eigenvalue weighted by Gasteiger charge is 2.50. The van der Waals surface area contributed by atoms with Crippen molar-refractivity contribution in [3.63, 3.8) is 0 Å². The largest absolute Gasteiger partial charge is 0.507 e. The Morgan fingerprint density at radius 2 is 1.66 bits per heavy atom. The van der Waals surface area contributed by atoms with Crippen LogP contribution in [-0.4, -0.2) is 108 Å². The van der Waals surface area contributed by atoms with E-state index in [-0.39, 0.29) is 96.6 Å². The molecule has 2 aromatic carbocycles. The average molecular weight is 901 g/mol. The number of nitrogens with one attached hydrogen (secondary N) is 1. The number of ketones is 1. The SMILES string of the molecule is CO[C@H]1/C=C/O[C@@]2(C)Oc3c(C)c(O)c4c(=O)c(c5oc6cc(OCC[N+](C)(C)C)cc(O)c6nc-5c4c3C2=O)NC(=O)/C(C)=C\C=C\[C@H](C)[C@H](O)[C@@H](C)[C@@H](C)[C@@H](C)[C@H](OC(C)=O)[C@@H]1C. The number of allylic oxidation sites excluding steroid dienone is 2. The minimum Gasteiger partial charge on any atom is -0.507 e. The van der Waals surface area contributed by atoms with E-state index in [1.807, 2.05) is 55.8 Å². The number of anilines is 1. The Labute approximate surface area is 378 Å². The molecule has 16 nitrogen and oxygen atoms in total. The lowest BCUT2D eigenvalue weighted by molar-refractivity contribution is -0.870. The zero-order valence-corrected chi connectivity index (χ0v) is 39.4. The minimum absolute atomic E-state index is 0.00688. The van der Waals surface area contributed by atoms with E-state index in [1.165, 1.54) is 59.3 Å². The van der Waals surface area contributed by atoms with Gasteiger partial charge in [0.2, 0.25) is 5.43 Å². The molecule has 3 heterocycles. The molecule has 0 spiro atoms. The fourth-order valence-electron chi connectivity index (χ4n) is 8.60. The third-order valence-electron chi connectivity index (χ3n) is 13.0. The minimum atomic E-state index is -2.05. The van der Waals surface area contributed by atoms with Gasteiger partial charge in [-0.15, -0.1) is 0 Å². The topological polar surface area (TPSA) is 213 Å². The Morgan fingerprint density at radius 1 is 0.969 bits per heavy atom. The smallest absolute Gasteiger partial charge is 0.312 e. The number of quaternary nitrogens is 1. The number of carbonyl (C=O) groups is 3. The first-order chi connectivity index (χ1) is 30.4. The summed E-state index contributed by atoms with van der Waals surface area (Å²) in [6.45, 7) is 16.2. The molecular weight excluding hydrogens is 839 g/mol. The zero-order chi connectivity index (χ0) is 48.0. The Balaban J connectivity index is 1.59. The van der Waals surface area contributed by atoms with Gasteiger partial charge in [0.05, 0.1) is 50.6 Å². The molecule has 0 unspecified atom stereocenters. The number of nitrogens with zero attached hydrogens (tertiary/aromatic N) is 2. The Hall–Kier alpha value is -5.97. The van der Waals surface area contributed by atoms with E-state index in [1.54, 1.807) is 18.2 Å². The summed E-state index contributed by atoms with van der Waals surface area (Å²) in [5, 5.41) is 36.9. The van der Waals surface area contributed by atoms with Crippen molar-refractivity contribution in [1.29, 1.82) is 0 Å². The van der Waals surface area contributed by atoms with Gasteiger partial charge in [0.15, 0.2) is 11.3 Å². The second kappa shape index (κ2) is 18.5. The fourth-order valence-corrected chi connectivity index (χ4v) is 8.60. The molecule has 0 saturated carbocycles. The highest BCUT2D eigenvalue weighted by atomic mass is 16.7. The molecule has 9 atom stereocenters. The van der Waals surface area contributed by atoms with Gasteiger partial charge in [0, 0.05) is 61.4 Å². The van der Waals surface area contributed by atoms with Crippen LogP contribution in [0.4, 0.5) is 5.69 Å². The van der Waals surface area contributed by atoms with Crippen molar-refractivity contribution in [3.05, 3.63) is 69.6 Å². The number of carbonyl (C=O) groups excluding carboxylic acids is 3. The number of benzene rings is 3. The number of aliphatic hydroxyl groups excluding tert-OH is 1. The van der Waals surface area contributed by atoms with E-state index in [0.717, 1.165) is 0 Å². The lowest BCUT2D eigenvalue weighted by Gasteiger charge is -2.39. The molecule has 2 aromatic rings. The van der Waals surface area contributed by atoms with E-state index < -0.39 is 58.9 Å². The molecule has 1 aliphatic carbocycles. The van der Waals surface area contributed by atoms with Crippen LogP contribution in [0.5, 0.6) is 23.0 Å². The van der Waals surface area contributed by atoms with E-state index >= 15 is 0 Å². The summed E-state index contributed by atoms with van der Waals surface area (Å²) < 4.78 is 37.1. The van der Waals surface area contributed by atoms with Crippen LogP contribution >= 0.6 is 0 Å². The number of aromatic nitrogens is 1. The van der Waals surface area contributed by atoms with Crippen LogP contribution in [0.15, 0.2) is 57.5 Å². The van der Waals surface area contributed by atoms with Gasteiger partial charge >= 0.3 is 11.8 Å². The first-order valence-electron chi connectivity index (χ1n) is 21.8. The van der Waals surface area contributed by atoms with Crippen molar-refractivity contribution in [1.82, 2.24) is 4.98 Å². The molecule has 4 N–H and O–H groups in total. The number of hydrogen-bond donors (Lipinski definition) is 4.